The van der Waals surface area contributed by atoms with Gasteiger partial charge in [0.1, 0.15) is 15.6 Å². The number of aliphatic imine (C=N–C) groups is 2. The molecule has 0 saturated carbocycles. The molecule has 1 aliphatic heterocycles. The third-order valence-electron chi connectivity index (χ3n) is 4.05. The maximum Gasteiger partial charge on any atom is 0.167 e. The van der Waals surface area contributed by atoms with E-state index in [0.29, 0.717) is 6.54 Å². The SMILES string of the molecule is Cc1nn2ccccc2c1-c1nc(-c2cccs2)c(C2=NCC=N2)s1. The highest BCUT2D eigenvalue weighted by molar-refractivity contribution is 7.18. The first-order valence-corrected chi connectivity index (χ1v) is 9.57. The molecule has 0 spiro atoms. The second-order valence-corrected chi connectivity index (χ2v) is 7.59. The average molecular weight is 363 g/mol. The summed E-state index contributed by atoms with van der Waals surface area (Å²) in [5.74, 6) is 0.779. The summed E-state index contributed by atoms with van der Waals surface area (Å²) in [7, 11) is 0. The van der Waals surface area contributed by atoms with Crippen LogP contribution in [0.4, 0.5) is 0 Å². The molecule has 4 aromatic heterocycles. The lowest BCUT2D eigenvalue weighted by Crippen LogP contribution is -1.92. The summed E-state index contributed by atoms with van der Waals surface area (Å²) in [6, 6.07) is 10.2. The van der Waals surface area contributed by atoms with Crippen molar-refractivity contribution >= 4 is 40.2 Å². The highest BCUT2D eigenvalue weighted by Crippen LogP contribution is 2.39. The lowest BCUT2D eigenvalue weighted by Gasteiger charge is -1.96. The molecule has 0 unspecified atom stereocenters. The molecule has 7 heteroatoms. The van der Waals surface area contributed by atoms with E-state index in [4.69, 9.17) is 4.98 Å². The number of aryl methyl sites for hydroxylation is 1. The Kier molecular flexibility index (Phi) is 3.36. The van der Waals surface area contributed by atoms with Crippen molar-refractivity contribution in [2.75, 3.05) is 6.54 Å². The van der Waals surface area contributed by atoms with Gasteiger partial charge in [0.2, 0.25) is 0 Å². The number of amidine groups is 1. The van der Waals surface area contributed by atoms with Crippen LogP contribution < -0.4 is 0 Å². The number of thiophene rings is 1. The van der Waals surface area contributed by atoms with Crippen LogP contribution >= 0.6 is 22.7 Å². The van der Waals surface area contributed by atoms with Crippen molar-refractivity contribution in [1.29, 1.82) is 0 Å². The molecular formula is C18H13N5S2. The lowest BCUT2D eigenvalue weighted by molar-refractivity contribution is 0.934. The molecule has 0 fully saturated rings. The third kappa shape index (κ3) is 2.35. The highest BCUT2D eigenvalue weighted by Gasteiger charge is 2.23. The summed E-state index contributed by atoms with van der Waals surface area (Å²) in [4.78, 5) is 16.1. The fourth-order valence-electron chi connectivity index (χ4n) is 2.97. The first-order chi connectivity index (χ1) is 12.3. The largest absolute Gasteiger partial charge is 0.260 e. The van der Waals surface area contributed by atoms with Crippen molar-refractivity contribution in [3.8, 4) is 21.1 Å². The number of rotatable bonds is 3. The van der Waals surface area contributed by atoms with Gasteiger partial charge in [0.05, 0.1) is 28.2 Å². The molecule has 0 radical (unpaired) electrons. The van der Waals surface area contributed by atoms with E-state index in [1.54, 1.807) is 22.7 Å². The van der Waals surface area contributed by atoms with Gasteiger partial charge in [0, 0.05) is 12.4 Å². The Labute approximate surface area is 152 Å². The summed E-state index contributed by atoms with van der Waals surface area (Å²) < 4.78 is 1.90. The Morgan fingerprint density at radius 3 is 2.92 bits per heavy atom. The predicted molar refractivity (Wildman–Crippen MR) is 104 cm³/mol. The Balaban J connectivity index is 1.76. The molecule has 122 valence electrons. The van der Waals surface area contributed by atoms with Gasteiger partial charge in [-0.1, -0.05) is 12.1 Å². The minimum Gasteiger partial charge on any atom is -0.260 e. The van der Waals surface area contributed by atoms with Crippen molar-refractivity contribution in [2.45, 2.75) is 6.92 Å². The number of thiazole rings is 1. The maximum atomic E-state index is 4.97. The minimum absolute atomic E-state index is 0.641. The van der Waals surface area contributed by atoms with Crippen LogP contribution in [0.1, 0.15) is 10.6 Å². The summed E-state index contributed by atoms with van der Waals surface area (Å²) in [6.45, 7) is 2.67. The van der Waals surface area contributed by atoms with Gasteiger partial charge in [-0.25, -0.2) is 14.5 Å². The molecule has 4 aromatic rings. The summed E-state index contributed by atoms with van der Waals surface area (Å²) in [5.41, 5.74) is 4.08. The van der Waals surface area contributed by atoms with Gasteiger partial charge in [0.15, 0.2) is 5.84 Å². The van der Waals surface area contributed by atoms with Crippen LogP contribution in [0.3, 0.4) is 0 Å². The van der Waals surface area contributed by atoms with Crippen LogP contribution in [-0.2, 0) is 0 Å². The maximum absolute atomic E-state index is 4.97. The van der Waals surface area contributed by atoms with Gasteiger partial charge in [-0.3, -0.25) is 4.99 Å². The third-order valence-corrected chi connectivity index (χ3v) is 6.00. The van der Waals surface area contributed by atoms with E-state index in [1.165, 1.54) is 0 Å². The van der Waals surface area contributed by atoms with Crippen molar-refractivity contribution in [1.82, 2.24) is 14.6 Å². The van der Waals surface area contributed by atoms with Crippen LogP contribution in [0, 0.1) is 6.92 Å². The molecule has 0 bridgehead atoms. The van der Waals surface area contributed by atoms with Crippen molar-refractivity contribution in [3.05, 3.63) is 52.5 Å². The number of pyridine rings is 1. The fourth-order valence-corrected chi connectivity index (χ4v) is 4.90. The van der Waals surface area contributed by atoms with Crippen molar-refractivity contribution < 1.29 is 0 Å². The molecule has 5 heterocycles. The Hall–Kier alpha value is -2.64. The number of fused-ring (bicyclic) bond motifs is 1. The van der Waals surface area contributed by atoms with Crippen LogP contribution in [0.25, 0.3) is 26.7 Å². The fraction of sp³-hybridized carbons (Fsp3) is 0.111. The smallest absolute Gasteiger partial charge is 0.167 e. The second-order valence-electron chi connectivity index (χ2n) is 5.64. The quantitative estimate of drug-likeness (QED) is 0.544. The monoisotopic (exact) mass is 363 g/mol. The molecule has 0 N–H and O–H groups in total. The molecular weight excluding hydrogens is 350 g/mol. The van der Waals surface area contributed by atoms with E-state index >= 15 is 0 Å². The molecule has 0 atom stereocenters. The molecule has 0 saturated heterocycles. The zero-order valence-electron chi connectivity index (χ0n) is 13.4. The molecule has 0 amide bonds. The molecule has 1 aliphatic rings. The summed E-state index contributed by atoms with van der Waals surface area (Å²) >= 11 is 3.32. The summed E-state index contributed by atoms with van der Waals surface area (Å²) in [5, 5.41) is 7.64. The first kappa shape index (κ1) is 14.7. The van der Waals surface area contributed by atoms with E-state index in [9.17, 15) is 0 Å². The lowest BCUT2D eigenvalue weighted by atomic mass is 10.2. The van der Waals surface area contributed by atoms with Crippen LogP contribution in [0.15, 0.2) is 51.9 Å². The number of hydrogen-bond donors (Lipinski definition) is 0. The Bertz CT molecular complexity index is 1130. The zero-order valence-corrected chi connectivity index (χ0v) is 15.0. The summed E-state index contributed by atoms with van der Waals surface area (Å²) in [6.07, 6.45) is 3.80. The Morgan fingerprint density at radius 2 is 2.12 bits per heavy atom. The van der Waals surface area contributed by atoms with Crippen LogP contribution in [0.5, 0.6) is 0 Å². The van der Waals surface area contributed by atoms with Crippen molar-refractivity contribution in [2.24, 2.45) is 9.98 Å². The first-order valence-electron chi connectivity index (χ1n) is 7.87. The number of nitrogens with zero attached hydrogens (tertiary/aromatic N) is 5. The molecule has 0 aliphatic carbocycles. The molecule has 0 aromatic carbocycles. The zero-order chi connectivity index (χ0) is 16.8. The second kappa shape index (κ2) is 5.72. The molecule has 5 rings (SSSR count). The normalized spacial score (nSPS) is 13.7. The number of aromatic nitrogens is 3. The van der Waals surface area contributed by atoms with Gasteiger partial charge < -0.3 is 0 Å². The van der Waals surface area contributed by atoms with E-state index in [2.05, 4.69) is 32.6 Å². The van der Waals surface area contributed by atoms with Gasteiger partial charge in [-0.15, -0.1) is 22.7 Å². The standard InChI is InChI=1S/C18H13N5S2/c1-11-14(12-5-2-3-9-23(12)22-11)18-21-15(13-6-4-10-24-13)16(25-18)17-19-7-8-20-17/h2-7,9-10H,8H2,1H3. The Morgan fingerprint density at radius 1 is 1.16 bits per heavy atom. The highest BCUT2D eigenvalue weighted by atomic mass is 32.1. The number of hydrogen-bond acceptors (Lipinski definition) is 6. The average Bonchev–Trinajstić information content (AvgIpc) is 3.38. The van der Waals surface area contributed by atoms with E-state index in [-0.39, 0.29) is 0 Å². The van der Waals surface area contributed by atoms with Crippen molar-refractivity contribution in [3.63, 3.8) is 0 Å². The minimum atomic E-state index is 0.641. The van der Waals surface area contributed by atoms with Gasteiger partial charge >= 0.3 is 0 Å². The van der Waals surface area contributed by atoms with Crippen LogP contribution in [-0.4, -0.2) is 33.2 Å². The van der Waals surface area contributed by atoms with Crippen LogP contribution in [0.2, 0.25) is 0 Å². The topological polar surface area (TPSA) is 54.9 Å². The molecule has 25 heavy (non-hydrogen) atoms. The predicted octanol–water partition coefficient (Wildman–Crippen LogP) is 4.33. The van der Waals surface area contributed by atoms with E-state index in [1.807, 2.05) is 42.0 Å². The van der Waals surface area contributed by atoms with E-state index in [0.717, 1.165) is 43.1 Å². The van der Waals surface area contributed by atoms with E-state index < -0.39 is 0 Å². The van der Waals surface area contributed by atoms with Gasteiger partial charge in [-0.2, -0.15) is 5.10 Å². The molecule has 5 nitrogen and oxygen atoms in total. The van der Waals surface area contributed by atoms with Gasteiger partial charge in [0.25, 0.3) is 0 Å². The van der Waals surface area contributed by atoms with Gasteiger partial charge in [-0.05, 0) is 30.5 Å².